The predicted molar refractivity (Wildman–Crippen MR) is 352 cm³/mol. The molecule has 0 aliphatic carbocycles. The van der Waals surface area contributed by atoms with Crippen LogP contribution in [0.3, 0.4) is 0 Å². The van der Waals surface area contributed by atoms with Crippen LogP contribution < -0.4 is 5.11 Å². The fourth-order valence-corrected chi connectivity index (χ4v) is 8.28. The summed E-state index contributed by atoms with van der Waals surface area (Å²) >= 11 is 0. The van der Waals surface area contributed by atoms with E-state index in [0.29, 0.717) is 17.4 Å². The van der Waals surface area contributed by atoms with Crippen molar-refractivity contribution in [2.75, 3.05) is 47.5 Å². The molecule has 2 atom stereocenters. The lowest BCUT2D eigenvalue weighted by Gasteiger charge is -2.26. The number of likely N-dealkylation sites (N-methyl/N-ethyl adjacent to an activating group) is 1. The number of carbonyl (C=O) groups excluding carboxylic acids is 3. The van der Waals surface area contributed by atoms with Crippen molar-refractivity contribution in [3.8, 4) is 0 Å². The van der Waals surface area contributed by atoms with Crippen LogP contribution in [-0.4, -0.2) is 82.3 Å². The SMILES string of the molecule is CC/C=C\C/C=C\C/C=C\C/C=C\C/C=C\C/C=C\C/C=C\C/C=C\C/C=C\C/C=C\C/C=C\CCCCCCCC(=O)OC(COC(=O)CCCCCCCCCCC/C=C\C/C=C\CCCCC)COC(OCC[N+](C)(C)C)C(=O)[O-]. The number of carboxylic acids is 1. The van der Waals surface area contributed by atoms with Crippen LogP contribution in [0.2, 0.25) is 0 Å². The summed E-state index contributed by atoms with van der Waals surface area (Å²) in [6.45, 7) is 4.56. The average Bonchev–Trinajstić information content (AvgIpc) is 3.46. The van der Waals surface area contributed by atoms with Crippen LogP contribution in [0.25, 0.3) is 0 Å². The van der Waals surface area contributed by atoms with Crippen molar-refractivity contribution in [1.29, 1.82) is 0 Å². The molecule has 0 aromatic rings. The summed E-state index contributed by atoms with van der Waals surface area (Å²) in [5, 5.41) is 11.8. The lowest BCUT2D eigenvalue weighted by Crippen LogP contribution is -2.44. The molecule has 0 N–H and O–H groups in total. The highest BCUT2D eigenvalue weighted by molar-refractivity contribution is 5.70. The number of ether oxygens (including phenoxy) is 4. The third-order valence-corrected chi connectivity index (χ3v) is 13.3. The number of quaternary nitrogens is 1. The Balaban J connectivity index is 4.26. The van der Waals surface area contributed by atoms with Gasteiger partial charge in [-0.1, -0.05) is 249 Å². The van der Waals surface area contributed by atoms with Crippen LogP contribution in [0, 0.1) is 0 Å². The first-order valence-electron chi connectivity index (χ1n) is 32.6. The van der Waals surface area contributed by atoms with Gasteiger partial charge < -0.3 is 33.3 Å². The van der Waals surface area contributed by atoms with Crippen LogP contribution >= 0.6 is 0 Å². The van der Waals surface area contributed by atoms with Crippen molar-refractivity contribution in [1.82, 2.24) is 0 Å². The van der Waals surface area contributed by atoms with Gasteiger partial charge in [0.2, 0.25) is 0 Å². The molecule has 0 aliphatic rings. The molecule has 0 aromatic heterocycles. The van der Waals surface area contributed by atoms with E-state index in [-0.39, 0.29) is 38.6 Å². The highest BCUT2D eigenvalue weighted by atomic mass is 16.7. The number of hydrogen-bond acceptors (Lipinski definition) is 8. The Morgan fingerprint density at radius 2 is 0.687 bits per heavy atom. The standard InChI is InChI=1S/C74H119NO8/c1-6-8-10-12-14-16-18-20-22-24-26-27-28-29-30-31-32-33-34-35-36-37-38-39-40-41-42-43-44-45-47-49-51-53-55-57-59-61-63-65-72(77)83-70(69-82-74(73(78)79)80-67-66-75(3,4)5)68-81-71(76)64-62-60-58-56-54-52-50-48-46-25-23-21-19-17-15-13-11-9-7-2/h8,10,14-17,20-23,26-27,29-30,32-33,35-36,38-39,41-42,44-45,49,51,70,74H,6-7,9,11-13,18-19,24-25,28,31,34,37,40,43,46-48,50,52-69H2,1-5H3/b10-8-,16-14-,17-15-,22-20-,23-21-,27-26-,30-29-,33-32-,36-35-,39-38-,42-41-,45-44-,51-49-. The Hall–Kier alpha value is -5.09. The van der Waals surface area contributed by atoms with E-state index in [0.717, 1.165) is 141 Å². The van der Waals surface area contributed by atoms with E-state index in [1.807, 2.05) is 21.1 Å². The molecule has 0 amide bonds. The van der Waals surface area contributed by atoms with Crippen LogP contribution in [0.1, 0.15) is 232 Å². The van der Waals surface area contributed by atoms with E-state index in [4.69, 9.17) is 18.9 Å². The fourth-order valence-electron chi connectivity index (χ4n) is 8.28. The van der Waals surface area contributed by atoms with Crippen LogP contribution in [-0.2, 0) is 33.3 Å². The average molecular weight is 1150 g/mol. The number of carboxylic acid groups (broad SMARTS) is 1. The number of hydrogen-bond donors (Lipinski definition) is 0. The van der Waals surface area contributed by atoms with Gasteiger partial charge in [-0.05, 0) is 128 Å². The van der Waals surface area contributed by atoms with E-state index in [1.165, 1.54) is 57.8 Å². The summed E-state index contributed by atoms with van der Waals surface area (Å²) in [5.41, 5.74) is 0. The van der Waals surface area contributed by atoms with Gasteiger partial charge in [0.1, 0.15) is 13.2 Å². The van der Waals surface area contributed by atoms with Gasteiger partial charge in [0.25, 0.3) is 0 Å². The van der Waals surface area contributed by atoms with E-state index in [9.17, 15) is 19.5 Å². The number of rotatable bonds is 58. The number of unbranched alkanes of at least 4 members (excludes halogenated alkanes) is 17. The maximum Gasteiger partial charge on any atom is 0.306 e. The van der Waals surface area contributed by atoms with Crippen molar-refractivity contribution >= 4 is 17.9 Å². The van der Waals surface area contributed by atoms with Crippen molar-refractivity contribution in [3.63, 3.8) is 0 Å². The van der Waals surface area contributed by atoms with Crippen molar-refractivity contribution in [2.45, 2.75) is 245 Å². The second-order valence-electron chi connectivity index (χ2n) is 22.3. The third kappa shape index (κ3) is 64.3. The molecule has 0 bridgehead atoms. The molecule has 2 unspecified atom stereocenters. The Morgan fingerprint density at radius 1 is 0.373 bits per heavy atom. The first kappa shape index (κ1) is 77.9. The fraction of sp³-hybridized carbons (Fsp3) is 0.608. The van der Waals surface area contributed by atoms with Crippen molar-refractivity contribution in [2.24, 2.45) is 0 Å². The maximum atomic E-state index is 12.9. The second kappa shape index (κ2) is 62.9. The molecule has 0 aromatic carbocycles. The monoisotopic (exact) mass is 1150 g/mol. The summed E-state index contributed by atoms with van der Waals surface area (Å²) in [6, 6.07) is 0. The van der Waals surface area contributed by atoms with E-state index >= 15 is 0 Å². The van der Waals surface area contributed by atoms with Gasteiger partial charge in [0.15, 0.2) is 12.4 Å². The lowest BCUT2D eigenvalue weighted by molar-refractivity contribution is -0.870. The molecule has 0 fully saturated rings. The molecule has 0 spiro atoms. The van der Waals surface area contributed by atoms with Crippen LogP contribution in [0.15, 0.2) is 158 Å². The molecule has 9 nitrogen and oxygen atoms in total. The zero-order chi connectivity index (χ0) is 60.5. The summed E-state index contributed by atoms with van der Waals surface area (Å²) in [7, 11) is 5.90. The molecular formula is C74H119NO8. The molecule has 0 saturated heterocycles. The number of aliphatic carboxylic acids is 1. The minimum atomic E-state index is -1.64. The number of esters is 2. The third-order valence-electron chi connectivity index (χ3n) is 13.3. The van der Waals surface area contributed by atoms with Gasteiger partial charge in [-0.25, -0.2) is 0 Å². The lowest BCUT2D eigenvalue weighted by atomic mass is 10.1. The predicted octanol–water partition coefficient (Wildman–Crippen LogP) is 18.8. The normalized spacial score (nSPS) is 13.8. The minimum absolute atomic E-state index is 0.135. The second-order valence-corrected chi connectivity index (χ2v) is 22.3. The molecule has 0 heterocycles. The number of nitrogens with zero attached hydrogens (tertiary/aromatic N) is 1. The molecule has 0 saturated carbocycles. The quantitative estimate of drug-likeness (QED) is 0.0195. The van der Waals surface area contributed by atoms with E-state index in [2.05, 4.69) is 172 Å². The van der Waals surface area contributed by atoms with E-state index in [1.54, 1.807) is 0 Å². The Labute approximate surface area is 508 Å². The smallest absolute Gasteiger partial charge is 0.306 e. The van der Waals surface area contributed by atoms with Gasteiger partial charge in [0.05, 0.1) is 40.3 Å². The van der Waals surface area contributed by atoms with Gasteiger partial charge in [0, 0.05) is 12.8 Å². The Bertz CT molecular complexity index is 1920. The van der Waals surface area contributed by atoms with Gasteiger partial charge in [-0.15, -0.1) is 0 Å². The summed E-state index contributed by atoms with van der Waals surface area (Å²) in [6.07, 6.45) is 90.2. The van der Waals surface area contributed by atoms with Crippen LogP contribution in [0.4, 0.5) is 0 Å². The van der Waals surface area contributed by atoms with Crippen molar-refractivity contribution < 1.29 is 42.9 Å². The first-order valence-corrected chi connectivity index (χ1v) is 32.6. The van der Waals surface area contributed by atoms with Gasteiger partial charge >= 0.3 is 11.9 Å². The molecule has 0 radical (unpaired) electrons. The Morgan fingerprint density at radius 3 is 1.02 bits per heavy atom. The molecule has 468 valence electrons. The van der Waals surface area contributed by atoms with Crippen molar-refractivity contribution in [3.05, 3.63) is 158 Å². The summed E-state index contributed by atoms with van der Waals surface area (Å²) < 4.78 is 22.7. The summed E-state index contributed by atoms with van der Waals surface area (Å²) in [5.74, 6) is -2.33. The van der Waals surface area contributed by atoms with Crippen LogP contribution in [0.5, 0.6) is 0 Å². The topological polar surface area (TPSA) is 111 Å². The summed E-state index contributed by atoms with van der Waals surface area (Å²) in [4.78, 5) is 37.4. The van der Waals surface area contributed by atoms with Gasteiger partial charge in [-0.3, -0.25) is 9.59 Å². The molecule has 0 rings (SSSR count). The Kier molecular flexibility index (Phi) is 59.1. The zero-order valence-electron chi connectivity index (χ0n) is 53.2. The number of allylic oxidation sites excluding steroid dienone is 26. The maximum absolute atomic E-state index is 12.9. The molecular weight excluding hydrogens is 1030 g/mol. The highest BCUT2D eigenvalue weighted by Crippen LogP contribution is 2.14. The first-order chi connectivity index (χ1) is 40.6. The molecule has 0 aliphatic heterocycles. The molecule has 83 heavy (non-hydrogen) atoms. The largest absolute Gasteiger partial charge is 0.545 e. The number of carbonyl (C=O) groups is 3. The zero-order valence-corrected chi connectivity index (χ0v) is 53.2. The highest BCUT2D eigenvalue weighted by Gasteiger charge is 2.22. The van der Waals surface area contributed by atoms with E-state index < -0.39 is 24.3 Å². The van der Waals surface area contributed by atoms with Gasteiger partial charge in [-0.2, -0.15) is 0 Å². The minimum Gasteiger partial charge on any atom is -0.545 e. The molecule has 9 heteroatoms.